The molecule has 4 rings (SSSR count). The van der Waals surface area contributed by atoms with Crippen molar-refractivity contribution in [3.8, 4) is 0 Å². The molecule has 4 aromatic rings. The molecule has 0 saturated heterocycles. The van der Waals surface area contributed by atoms with Crippen molar-refractivity contribution in [1.29, 1.82) is 0 Å². The predicted octanol–water partition coefficient (Wildman–Crippen LogP) is 3.28. The first-order valence-corrected chi connectivity index (χ1v) is 10.9. The highest BCUT2D eigenvalue weighted by Gasteiger charge is 2.16. The van der Waals surface area contributed by atoms with E-state index in [1.807, 2.05) is 6.07 Å². The van der Waals surface area contributed by atoms with Gasteiger partial charge in [0.1, 0.15) is 5.56 Å². The molecule has 0 radical (unpaired) electrons. The number of nitrogens with one attached hydrogen (secondary N) is 3. The first kappa shape index (κ1) is 23.4. The van der Waals surface area contributed by atoms with E-state index in [1.165, 1.54) is 12.3 Å². The number of fused-ring (bicyclic) bond motifs is 1. The fraction of sp³-hybridized carbons (Fsp3) is 0.115. The zero-order valence-electron chi connectivity index (χ0n) is 18.8. The van der Waals surface area contributed by atoms with E-state index in [1.54, 1.807) is 61.8 Å². The van der Waals surface area contributed by atoms with Gasteiger partial charge in [0.15, 0.2) is 0 Å². The van der Waals surface area contributed by atoms with Crippen LogP contribution in [-0.2, 0) is 11.3 Å². The number of hydrogen-bond acceptors (Lipinski definition) is 6. The molecule has 0 saturated carbocycles. The number of benzene rings is 2. The molecule has 2 amide bonds. The summed E-state index contributed by atoms with van der Waals surface area (Å²) in [7, 11) is 0. The van der Waals surface area contributed by atoms with Crippen LogP contribution in [0.15, 0.2) is 78.0 Å². The minimum absolute atomic E-state index is 0.130. The van der Waals surface area contributed by atoms with Crippen molar-refractivity contribution in [3.63, 3.8) is 0 Å². The van der Waals surface area contributed by atoms with E-state index in [0.29, 0.717) is 23.3 Å². The molecule has 0 aliphatic carbocycles. The lowest BCUT2D eigenvalue weighted by Crippen LogP contribution is -2.22. The molecule has 0 aliphatic rings. The normalized spacial score (nSPS) is 10.5. The number of carbonyl (C=O) groups excluding carboxylic acids is 3. The van der Waals surface area contributed by atoms with Gasteiger partial charge in [-0.1, -0.05) is 6.07 Å². The van der Waals surface area contributed by atoms with Gasteiger partial charge in [-0.3, -0.25) is 19.4 Å². The molecule has 176 valence electrons. The van der Waals surface area contributed by atoms with Gasteiger partial charge in [0, 0.05) is 52.9 Å². The lowest BCUT2D eigenvalue weighted by atomic mass is 10.1. The summed E-state index contributed by atoms with van der Waals surface area (Å²) < 4.78 is 4.91. The lowest BCUT2D eigenvalue weighted by Gasteiger charge is -2.09. The summed E-state index contributed by atoms with van der Waals surface area (Å²) in [6.45, 7) is 2.14. The zero-order chi connectivity index (χ0) is 24.8. The molecule has 0 bridgehead atoms. The van der Waals surface area contributed by atoms with Crippen molar-refractivity contribution in [2.75, 3.05) is 11.9 Å². The number of aromatic amines is 1. The summed E-state index contributed by atoms with van der Waals surface area (Å²) in [6.07, 6.45) is 4.64. The highest BCUT2D eigenvalue weighted by Crippen LogP contribution is 2.15. The molecule has 0 fully saturated rings. The number of ether oxygens (including phenoxy) is 1. The van der Waals surface area contributed by atoms with Crippen molar-refractivity contribution < 1.29 is 19.1 Å². The number of carbonyl (C=O) groups is 3. The quantitative estimate of drug-likeness (QED) is 0.356. The Labute approximate surface area is 200 Å². The Morgan fingerprint density at radius 2 is 1.77 bits per heavy atom. The van der Waals surface area contributed by atoms with Crippen LogP contribution in [0.1, 0.15) is 43.6 Å². The maximum absolute atomic E-state index is 12.8. The van der Waals surface area contributed by atoms with Crippen LogP contribution < -0.4 is 16.1 Å². The Balaban J connectivity index is 1.45. The van der Waals surface area contributed by atoms with E-state index >= 15 is 0 Å². The Hall–Kier alpha value is -4.79. The molecule has 2 aromatic heterocycles. The van der Waals surface area contributed by atoms with Gasteiger partial charge in [0.25, 0.3) is 11.8 Å². The standard InChI is InChI=1S/C26H22N4O5/c1-2-35-26(34)21-15-28-22-10-7-18(12-20(22)23(21)31)25(33)30-19-8-5-17(6-9-19)24(32)29-14-16-4-3-11-27-13-16/h3-13,15H,2,14H2,1H3,(H,28,31)(H,29,32)(H,30,33). The zero-order valence-corrected chi connectivity index (χ0v) is 18.8. The molecule has 2 aromatic carbocycles. The minimum atomic E-state index is -0.727. The second-order valence-electron chi connectivity index (χ2n) is 7.59. The summed E-state index contributed by atoms with van der Waals surface area (Å²) in [5.41, 5.74) is 1.88. The molecule has 0 spiro atoms. The van der Waals surface area contributed by atoms with Crippen molar-refractivity contribution >= 4 is 34.4 Å². The van der Waals surface area contributed by atoms with Crippen LogP contribution in [0.2, 0.25) is 0 Å². The first-order chi connectivity index (χ1) is 17.0. The molecule has 9 heteroatoms. The van der Waals surface area contributed by atoms with E-state index in [2.05, 4.69) is 20.6 Å². The van der Waals surface area contributed by atoms with Crippen molar-refractivity contribution in [3.05, 3.63) is 106 Å². The van der Waals surface area contributed by atoms with Crippen molar-refractivity contribution in [1.82, 2.24) is 15.3 Å². The number of hydrogen-bond donors (Lipinski definition) is 3. The Kier molecular flexibility index (Phi) is 6.96. The van der Waals surface area contributed by atoms with Crippen LogP contribution >= 0.6 is 0 Å². The number of esters is 1. The second kappa shape index (κ2) is 10.4. The number of pyridine rings is 2. The first-order valence-electron chi connectivity index (χ1n) is 10.9. The summed E-state index contributed by atoms with van der Waals surface area (Å²) in [4.78, 5) is 56.8. The van der Waals surface area contributed by atoms with Crippen LogP contribution in [0.5, 0.6) is 0 Å². The number of rotatable bonds is 7. The maximum atomic E-state index is 12.8. The van der Waals surface area contributed by atoms with E-state index in [0.717, 1.165) is 5.56 Å². The molecule has 0 atom stereocenters. The molecule has 9 nitrogen and oxygen atoms in total. The SMILES string of the molecule is CCOC(=O)c1c[nH]c2ccc(C(=O)Nc3ccc(C(=O)NCc4cccnc4)cc3)cc2c1=O. The number of aromatic nitrogens is 2. The molecule has 2 heterocycles. The van der Waals surface area contributed by atoms with Gasteiger partial charge in [-0.25, -0.2) is 4.79 Å². The third kappa shape index (κ3) is 5.41. The van der Waals surface area contributed by atoms with Gasteiger partial charge in [0.2, 0.25) is 5.43 Å². The van der Waals surface area contributed by atoms with E-state index in [4.69, 9.17) is 4.74 Å². The summed E-state index contributed by atoms with van der Waals surface area (Å²) in [5, 5.41) is 5.75. The van der Waals surface area contributed by atoms with E-state index in [-0.39, 0.29) is 29.0 Å². The molecule has 3 N–H and O–H groups in total. The fourth-order valence-electron chi connectivity index (χ4n) is 3.42. The smallest absolute Gasteiger partial charge is 0.343 e. The third-order valence-electron chi connectivity index (χ3n) is 5.22. The Morgan fingerprint density at radius 1 is 1.00 bits per heavy atom. The molecular formula is C26H22N4O5. The largest absolute Gasteiger partial charge is 0.462 e. The highest BCUT2D eigenvalue weighted by molar-refractivity contribution is 6.06. The van der Waals surface area contributed by atoms with Gasteiger partial charge in [-0.05, 0) is 61.0 Å². The maximum Gasteiger partial charge on any atom is 0.343 e. The van der Waals surface area contributed by atoms with Crippen LogP contribution in [0.3, 0.4) is 0 Å². The number of anilines is 1. The van der Waals surface area contributed by atoms with Crippen molar-refractivity contribution in [2.24, 2.45) is 0 Å². The van der Waals surface area contributed by atoms with Gasteiger partial charge in [0.05, 0.1) is 6.61 Å². The average molecular weight is 470 g/mol. The average Bonchev–Trinajstić information content (AvgIpc) is 2.88. The van der Waals surface area contributed by atoms with Gasteiger partial charge >= 0.3 is 5.97 Å². The topological polar surface area (TPSA) is 130 Å². The minimum Gasteiger partial charge on any atom is -0.462 e. The highest BCUT2D eigenvalue weighted by atomic mass is 16.5. The summed E-state index contributed by atoms with van der Waals surface area (Å²) in [6, 6.07) is 14.7. The lowest BCUT2D eigenvalue weighted by molar-refractivity contribution is 0.0524. The summed E-state index contributed by atoms with van der Waals surface area (Å²) >= 11 is 0. The van der Waals surface area contributed by atoms with Crippen molar-refractivity contribution in [2.45, 2.75) is 13.5 Å². The number of nitrogens with zero attached hydrogens (tertiary/aromatic N) is 1. The summed E-state index contributed by atoms with van der Waals surface area (Å²) in [5.74, 6) is -1.42. The van der Waals surface area contributed by atoms with Crippen LogP contribution in [0.25, 0.3) is 10.9 Å². The van der Waals surface area contributed by atoms with Crippen LogP contribution in [0, 0.1) is 0 Å². The van der Waals surface area contributed by atoms with E-state index in [9.17, 15) is 19.2 Å². The predicted molar refractivity (Wildman–Crippen MR) is 130 cm³/mol. The Bertz CT molecular complexity index is 1450. The molecule has 0 aliphatic heterocycles. The number of amides is 2. The van der Waals surface area contributed by atoms with Gasteiger partial charge < -0.3 is 20.4 Å². The molecule has 0 unspecified atom stereocenters. The Morgan fingerprint density at radius 3 is 2.49 bits per heavy atom. The van der Waals surface area contributed by atoms with Crippen LogP contribution in [0.4, 0.5) is 5.69 Å². The second-order valence-corrected chi connectivity index (χ2v) is 7.59. The van der Waals surface area contributed by atoms with E-state index < -0.39 is 17.3 Å². The fourth-order valence-corrected chi connectivity index (χ4v) is 3.42. The molecular weight excluding hydrogens is 448 g/mol. The monoisotopic (exact) mass is 470 g/mol. The van der Waals surface area contributed by atoms with Gasteiger partial charge in [-0.15, -0.1) is 0 Å². The number of H-pyrrole nitrogens is 1. The molecule has 35 heavy (non-hydrogen) atoms. The van der Waals surface area contributed by atoms with Crippen LogP contribution in [-0.4, -0.2) is 34.4 Å². The van der Waals surface area contributed by atoms with Gasteiger partial charge in [-0.2, -0.15) is 0 Å². The third-order valence-corrected chi connectivity index (χ3v) is 5.22.